The number of nitrogens with one attached hydrogen (secondary N) is 1. The smallest absolute Gasteiger partial charge is 0.227 e. The van der Waals surface area contributed by atoms with Crippen molar-refractivity contribution in [1.29, 1.82) is 0 Å². The third-order valence-corrected chi connectivity index (χ3v) is 3.51. The maximum Gasteiger partial charge on any atom is 0.227 e. The number of aromatic nitrogens is 2. The highest BCUT2D eigenvalue weighted by atomic mass is 35.5. The van der Waals surface area contributed by atoms with Crippen LogP contribution in [0.5, 0.6) is 0 Å². The molecule has 1 amide bonds. The number of carbonyl (C=O) groups excluding carboxylic acids is 1. The van der Waals surface area contributed by atoms with E-state index < -0.39 is 0 Å². The Morgan fingerprint density at radius 3 is 2.76 bits per heavy atom. The molecule has 0 unspecified atom stereocenters. The van der Waals surface area contributed by atoms with Gasteiger partial charge in [-0.3, -0.25) is 4.79 Å². The van der Waals surface area contributed by atoms with E-state index in [0.29, 0.717) is 24.6 Å². The number of rotatable bonds is 3. The second kappa shape index (κ2) is 7.22. The molecule has 2 rings (SSSR count). The molecule has 21 heavy (non-hydrogen) atoms. The van der Waals surface area contributed by atoms with Gasteiger partial charge in [0.15, 0.2) is 5.82 Å². The number of halogens is 1. The summed E-state index contributed by atoms with van der Waals surface area (Å²) in [5.41, 5.74) is -0.126. The SMILES string of the molecule is C[C@@H]1CNCCN1C(=O)CCc1nc(C(C)(C)C)no1.Cl. The molecule has 0 aromatic carbocycles. The van der Waals surface area contributed by atoms with E-state index in [2.05, 4.69) is 22.4 Å². The van der Waals surface area contributed by atoms with Gasteiger partial charge in [-0.05, 0) is 6.92 Å². The topological polar surface area (TPSA) is 71.3 Å². The van der Waals surface area contributed by atoms with Crippen LogP contribution in [0.1, 0.15) is 45.8 Å². The van der Waals surface area contributed by atoms with Crippen LogP contribution in [0.3, 0.4) is 0 Å². The van der Waals surface area contributed by atoms with Crippen LogP contribution in [0.15, 0.2) is 4.52 Å². The van der Waals surface area contributed by atoms with E-state index >= 15 is 0 Å². The lowest BCUT2D eigenvalue weighted by atomic mass is 9.96. The summed E-state index contributed by atoms with van der Waals surface area (Å²) in [7, 11) is 0. The summed E-state index contributed by atoms with van der Waals surface area (Å²) in [5.74, 6) is 1.40. The monoisotopic (exact) mass is 316 g/mol. The fourth-order valence-corrected chi connectivity index (χ4v) is 2.23. The molecule has 1 aromatic heterocycles. The number of carbonyl (C=O) groups is 1. The normalized spacial score (nSPS) is 19.2. The summed E-state index contributed by atoms with van der Waals surface area (Å²) >= 11 is 0. The van der Waals surface area contributed by atoms with Crippen molar-refractivity contribution in [3.63, 3.8) is 0 Å². The summed E-state index contributed by atoms with van der Waals surface area (Å²) < 4.78 is 5.21. The Labute approximate surface area is 132 Å². The second-order valence-electron chi connectivity index (χ2n) is 6.40. The highest BCUT2D eigenvalue weighted by molar-refractivity contribution is 5.85. The number of piperazine rings is 1. The first-order chi connectivity index (χ1) is 9.38. The lowest BCUT2D eigenvalue weighted by Crippen LogP contribution is -2.52. The first-order valence-electron chi connectivity index (χ1n) is 7.21. The molecule has 0 bridgehead atoms. The average Bonchev–Trinajstić information content (AvgIpc) is 2.85. The third-order valence-electron chi connectivity index (χ3n) is 3.51. The van der Waals surface area contributed by atoms with E-state index in [0.717, 1.165) is 19.6 Å². The van der Waals surface area contributed by atoms with E-state index in [9.17, 15) is 4.79 Å². The fourth-order valence-electron chi connectivity index (χ4n) is 2.23. The van der Waals surface area contributed by atoms with Crippen molar-refractivity contribution < 1.29 is 9.32 Å². The quantitative estimate of drug-likeness (QED) is 0.916. The minimum absolute atomic E-state index is 0. The minimum Gasteiger partial charge on any atom is -0.339 e. The molecule has 120 valence electrons. The van der Waals surface area contributed by atoms with Gasteiger partial charge in [0.1, 0.15) is 0 Å². The van der Waals surface area contributed by atoms with Gasteiger partial charge in [0.05, 0.1) is 0 Å². The van der Waals surface area contributed by atoms with Gasteiger partial charge in [0.2, 0.25) is 11.8 Å². The lowest BCUT2D eigenvalue weighted by Gasteiger charge is -2.34. The zero-order valence-corrected chi connectivity index (χ0v) is 14.0. The van der Waals surface area contributed by atoms with Gasteiger partial charge in [-0.15, -0.1) is 12.4 Å². The van der Waals surface area contributed by atoms with Crippen molar-refractivity contribution in [3.05, 3.63) is 11.7 Å². The Balaban J connectivity index is 0.00000220. The molecule has 7 heteroatoms. The van der Waals surface area contributed by atoms with Gasteiger partial charge in [0.25, 0.3) is 0 Å². The number of amides is 1. The summed E-state index contributed by atoms with van der Waals surface area (Å²) in [6.45, 7) is 10.7. The largest absolute Gasteiger partial charge is 0.339 e. The van der Waals surface area contributed by atoms with Crippen LogP contribution in [0, 0.1) is 0 Å². The van der Waals surface area contributed by atoms with Crippen LogP contribution < -0.4 is 5.32 Å². The highest BCUT2D eigenvalue weighted by Gasteiger charge is 2.24. The molecule has 0 saturated carbocycles. The summed E-state index contributed by atoms with van der Waals surface area (Å²) in [6, 6.07) is 0.254. The molecule has 0 aliphatic carbocycles. The van der Waals surface area contributed by atoms with Crippen LogP contribution >= 0.6 is 12.4 Å². The van der Waals surface area contributed by atoms with E-state index in [1.807, 2.05) is 25.7 Å². The standard InChI is InChI=1S/C14H24N4O2.ClH/c1-10-9-15-7-8-18(10)12(19)6-5-11-16-13(17-20-11)14(2,3)4;/h10,15H,5-9H2,1-4H3;1H/t10-;/m1./s1. The molecular formula is C14H25ClN4O2. The van der Waals surface area contributed by atoms with Gasteiger partial charge >= 0.3 is 0 Å². The maximum atomic E-state index is 12.2. The van der Waals surface area contributed by atoms with Crippen LogP contribution in [0.4, 0.5) is 0 Å². The van der Waals surface area contributed by atoms with Gasteiger partial charge in [-0.2, -0.15) is 4.98 Å². The second-order valence-corrected chi connectivity index (χ2v) is 6.40. The molecule has 1 aromatic rings. The van der Waals surface area contributed by atoms with Crippen molar-refractivity contribution >= 4 is 18.3 Å². The molecule has 1 saturated heterocycles. The van der Waals surface area contributed by atoms with E-state index in [1.54, 1.807) is 0 Å². The van der Waals surface area contributed by atoms with E-state index in [-0.39, 0.29) is 29.8 Å². The van der Waals surface area contributed by atoms with Crippen molar-refractivity contribution in [2.75, 3.05) is 19.6 Å². The summed E-state index contributed by atoms with van der Waals surface area (Å²) in [6.07, 6.45) is 0.939. The molecule has 1 aliphatic rings. The predicted molar refractivity (Wildman–Crippen MR) is 82.6 cm³/mol. The minimum atomic E-state index is -0.126. The molecule has 1 aliphatic heterocycles. The Hall–Kier alpha value is -1.14. The Bertz CT molecular complexity index is 470. The van der Waals surface area contributed by atoms with Crippen molar-refractivity contribution in [1.82, 2.24) is 20.4 Å². The van der Waals surface area contributed by atoms with Crippen LogP contribution in [0.25, 0.3) is 0 Å². The molecule has 0 radical (unpaired) electrons. The van der Waals surface area contributed by atoms with E-state index in [1.165, 1.54) is 0 Å². The van der Waals surface area contributed by atoms with Crippen LogP contribution in [0.2, 0.25) is 0 Å². The molecule has 1 N–H and O–H groups in total. The Morgan fingerprint density at radius 1 is 1.48 bits per heavy atom. The number of nitrogens with zero attached hydrogens (tertiary/aromatic N) is 3. The van der Waals surface area contributed by atoms with Crippen molar-refractivity contribution in [3.8, 4) is 0 Å². The lowest BCUT2D eigenvalue weighted by molar-refractivity contribution is -0.134. The third kappa shape index (κ3) is 4.68. The van der Waals surface area contributed by atoms with Gasteiger partial charge in [-0.1, -0.05) is 25.9 Å². The first kappa shape index (κ1) is 17.9. The maximum absolute atomic E-state index is 12.2. The summed E-state index contributed by atoms with van der Waals surface area (Å²) in [5, 5.41) is 7.25. The number of hydrogen-bond donors (Lipinski definition) is 1. The van der Waals surface area contributed by atoms with Gasteiger partial charge < -0.3 is 14.7 Å². The predicted octanol–water partition coefficient (Wildman–Crippen LogP) is 1.54. The van der Waals surface area contributed by atoms with Crippen molar-refractivity contribution in [2.45, 2.75) is 52.0 Å². The first-order valence-corrected chi connectivity index (χ1v) is 7.21. The van der Waals surface area contributed by atoms with Crippen LogP contribution in [-0.2, 0) is 16.6 Å². The molecule has 0 spiro atoms. The van der Waals surface area contributed by atoms with E-state index in [4.69, 9.17) is 4.52 Å². The van der Waals surface area contributed by atoms with Gasteiger partial charge in [-0.25, -0.2) is 0 Å². The zero-order chi connectivity index (χ0) is 14.8. The number of hydrogen-bond acceptors (Lipinski definition) is 5. The number of aryl methyl sites for hydroxylation is 1. The zero-order valence-electron chi connectivity index (χ0n) is 13.2. The molecule has 1 fully saturated rings. The molecule has 2 heterocycles. The highest BCUT2D eigenvalue weighted by Crippen LogP contribution is 2.19. The molecule has 6 nitrogen and oxygen atoms in total. The molecular weight excluding hydrogens is 292 g/mol. The Kier molecular flexibility index (Phi) is 6.16. The summed E-state index contributed by atoms with van der Waals surface area (Å²) in [4.78, 5) is 18.5. The average molecular weight is 317 g/mol. The van der Waals surface area contributed by atoms with Crippen LogP contribution in [-0.4, -0.2) is 46.6 Å². The van der Waals surface area contributed by atoms with Gasteiger partial charge in [0, 0.05) is 43.9 Å². The molecule has 1 atom stereocenters. The Morgan fingerprint density at radius 2 is 2.19 bits per heavy atom. The van der Waals surface area contributed by atoms with Crippen molar-refractivity contribution in [2.24, 2.45) is 0 Å². The fraction of sp³-hybridized carbons (Fsp3) is 0.786.